The molecule has 0 amide bonds. The summed E-state index contributed by atoms with van der Waals surface area (Å²) in [5, 5.41) is 3.88. The highest BCUT2D eigenvalue weighted by Crippen LogP contribution is 2.06. The van der Waals surface area contributed by atoms with E-state index in [2.05, 4.69) is 20.1 Å². The Morgan fingerprint density at radius 1 is 1.46 bits per heavy atom. The molecule has 6 heteroatoms. The Bertz CT molecular complexity index is 407. The summed E-state index contributed by atoms with van der Waals surface area (Å²) in [5.41, 5.74) is 6.46. The third-order valence-corrected chi connectivity index (χ3v) is 1.62. The topological polar surface area (TPSA) is 82.5 Å². The summed E-state index contributed by atoms with van der Waals surface area (Å²) in [4.78, 5) is 11.9. The number of rotatable bonds is 1. The molecular formula is C7H8N6. The lowest BCUT2D eigenvalue weighted by atomic mass is 10.4. The maximum absolute atomic E-state index is 5.61. The molecule has 66 valence electrons. The van der Waals surface area contributed by atoms with Crippen LogP contribution < -0.4 is 5.73 Å². The third kappa shape index (κ3) is 1.33. The Labute approximate surface area is 74.5 Å². The molecule has 0 bridgehead atoms. The van der Waals surface area contributed by atoms with Crippen LogP contribution in [0.1, 0.15) is 5.56 Å². The van der Waals surface area contributed by atoms with Crippen molar-refractivity contribution in [3.05, 3.63) is 24.4 Å². The lowest BCUT2D eigenvalue weighted by Crippen LogP contribution is -2.05. The quantitative estimate of drug-likeness (QED) is 0.658. The van der Waals surface area contributed by atoms with Gasteiger partial charge in [-0.1, -0.05) is 0 Å². The van der Waals surface area contributed by atoms with Gasteiger partial charge in [-0.3, -0.25) is 0 Å². The molecule has 0 aliphatic heterocycles. The molecular weight excluding hydrogens is 168 g/mol. The van der Waals surface area contributed by atoms with Gasteiger partial charge in [0.05, 0.1) is 0 Å². The second-order valence-corrected chi connectivity index (χ2v) is 2.58. The fraction of sp³-hybridized carbons (Fsp3) is 0.143. The molecule has 2 rings (SSSR count). The van der Waals surface area contributed by atoms with Crippen LogP contribution in [0, 0.1) is 6.92 Å². The van der Waals surface area contributed by atoms with E-state index in [4.69, 9.17) is 5.73 Å². The van der Waals surface area contributed by atoms with Crippen molar-refractivity contribution in [3.63, 3.8) is 0 Å². The van der Waals surface area contributed by atoms with Gasteiger partial charge in [-0.15, -0.1) is 0 Å². The lowest BCUT2D eigenvalue weighted by molar-refractivity contribution is 0.806. The van der Waals surface area contributed by atoms with E-state index >= 15 is 0 Å². The van der Waals surface area contributed by atoms with Crippen molar-refractivity contribution in [1.29, 1.82) is 0 Å². The zero-order chi connectivity index (χ0) is 9.26. The van der Waals surface area contributed by atoms with Gasteiger partial charge < -0.3 is 5.73 Å². The number of hydrogen-bond donors (Lipinski definition) is 1. The fourth-order valence-corrected chi connectivity index (χ4v) is 0.867. The second kappa shape index (κ2) is 2.81. The first kappa shape index (κ1) is 7.66. The van der Waals surface area contributed by atoms with E-state index in [1.54, 1.807) is 6.20 Å². The summed E-state index contributed by atoms with van der Waals surface area (Å²) >= 11 is 0. The van der Waals surface area contributed by atoms with Crippen molar-refractivity contribution in [2.75, 3.05) is 5.73 Å². The van der Waals surface area contributed by atoms with Crippen molar-refractivity contribution < 1.29 is 0 Å². The van der Waals surface area contributed by atoms with Crippen LogP contribution in [0.2, 0.25) is 0 Å². The lowest BCUT2D eigenvalue weighted by Gasteiger charge is -2.00. The molecule has 0 saturated carbocycles. The average Bonchev–Trinajstić information content (AvgIpc) is 2.62. The first-order valence-electron chi connectivity index (χ1n) is 3.71. The number of anilines is 1. The molecule has 0 atom stereocenters. The predicted molar refractivity (Wildman–Crippen MR) is 46.1 cm³/mol. The zero-order valence-corrected chi connectivity index (χ0v) is 7.05. The average molecular weight is 176 g/mol. The maximum atomic E-state index is 5.61. The summed E-state index contributed by atoms with van der Waals surface area (Å²) < 4.78 is 1.45. The van der Waals surface area contributed by atoms with Crippen LogP contribution in [0.5, 0.6) is 0 Å². The largest absolute Gasteiger partial charge is 0.383 e. The minimum Gasteiger partial charge on any atom is -0.383 e. The van der Waals surface area contributed by atoms with E-state index in [9.17, 15) is 0 Å². The van der Waals surface area contributed by atoms with Crippen molar-refractivity contribution in [2.45, 2.75) is 6.92 Å². The summed E-state index contributed by atoms with van der Waals surface area (Å²) in [6.45, 7) is 1.85. The van der Waals surface area contributed by atoms with Gasteiger partial charge in [0, 0.05) is 11.8 Å². The Kier molecular flexibility index (Phi) is 1.66. The van der Waals surface area contributed by atoms with E-state index < -0.39 is 0 Å². The predicted octanol–water partition coefficient (Wildman–Crippen LogP) is -0.0521. The highest BCUT2D eigenvalue weighted by Gasteiger charge is 2.02. The third-order valence-electron chi connectivity index (χ3n) is 1.62. The smallest absolute Gasteiger partial charge is 0.253 e. The van der Waals surface area contributed by atoms with E-state index in [0.29, 0.717) is 11.8 Å². The van der Waals surface area contributed by atoms with Gasteiger partial charge in [-0.2, -0.15) is 14.8 Å². The van der Waals surface area contributed by atoms with Crippen molar-refractivity contribution in [1.82, 2.24) is 24.7 Å². The number of aromatic nitrogens is 5. The Morgan fingerprint density at radius 3 is 2.92 bits per heavy atom. The van der Waals surface area contributed by atoms with Gasteiger partial charge in [-0.25, -0.2) is 9.97 Å². The Balaban J connectivity index is 2.49. The van der Waals surface area contributed by atoms with Gasteiger partial charge in [0.15, 0.2) is 0 Å². The van der Waals surface area contributed by atoms with Crippen LogP contribution in [0.15, 0.2) is 18.9 Å². The molecule has 6 nitrogen and oxygen atoms in total. The molecule has 2 heterocycles. The molecule has 0 unspecified atom stereocenters. The molecule has 0 radical (unpaired) electrons. The molecule has 0 fully saturated rings. The summed E-state index contributed by atoms with van der Waals surface area (Å²) in [6, 6.07) is 0. The van der Waals surface area contributed by atoms with Crippen LogP contribution in [0.25, 0.3) is 5.95 Å². The van der Waals surface area contributed by atoms with Crippen LogP contribution in [0.3, 0.4) is 0 Å². The SMILES string of the molecule is Cc1cnc(-n2cncn2)nc1N. The highest BCUT2D eigenvalue weighted by molar-refractivity contribution is 5.38. The molecule has 0 spiro atoms. The maximum Gasteiger partial charge on any atom is 0.253 e. The Hall–Kier alpha value is -1.98. The van der Waals surface area contributed by atoms with E-state index in [0.717, 1.165) is 5.56 Å². The summed E-state index contributed by atoms with van der Waals surface area (Å²) in [5.74, 6) is 0.890. The minimum atomic E-state index is 0.431. The number of nitrogen functional groups attached to an aromatic ring is 1. The van der Waals surface area contributed by atoms with Crippen LogP contribution in [-0.2, 0) is 0 Å². The molecule has 2 aromatic rings. The summed E-state index contributed by atoms with van der Waals surface area (Å²) in [7, 11) is 0. The van der Waals surface area contributed by atoms with Crippen molar-refractivity contribution >= 4 is 5.82 Å². The van der Waals surface area contributed by atoms with Gasteiger partial charge in [0.2, 0.25) is 0 Å². The van der Waals surface area contributed by atoms with Crippen LogP contribution in [0.4, 0.5) is 5.82 Å². The van der Waals surface area contributed by atoms with Gasteiger partial charge in [-0.05, 0) is 6.92 Å². The fourth-order valence-electron chi connectivity index (χ4n) is 0.867. The molecule has 0 aliphatic rings. The van der Waals surface area contributed by atoms with Crippen molar-refractivity contribution in [2.24, 2.45) is 0 Å². The number of nitrogens with two attached hydrogens (primary N) is 1. The van der Waals surface area contributed by atoms with Gasteiger partial charge in [0.1, 0.15) is 18.5 Å². The first-order valence-corrected chi connectivity index (χ1v) is 3.71. The van der Waals surface area contributed by atoms with Crippen molar-refractivity contribution in [3.8, 4) is 5.95 Å². The van der Waals surface area contributed by atoms with Crippen LogP contribution >= 0.6 is 0 Å². The normalized spacial score (nSPS) is 10.2. The summed E-state index contributed by atoms with van der Waals surface area (Å²) in [6.07, 6.45) is 4.59. The highest BCUT2D eigenvalue weighted by atomic mass is 15.4. The second-order valence-electron chi connectivity index (χ2n) is 2.58. The van der Waals surface area contributed by atoms with Crippen LogP contribution in [-0.4, -0.2) is 24.7 Å². The molecule has 2 aromatic heterocycles. The minimum absolute atomic E-state index is 0.431. The zero-order valence-electron chi connectivity index (χ0n) is 7.05. The number of nitrogens with zero attached hydrogens (tertiary/aromatic N) is 5. The molecule has 13 heavy (non-hydrogen) atoms. The van der Waals surface area contributed by atoms with E-state index in [1.165, 1.54) is 17.3 Å². The molecule has 0 aliphatic carbocycles. The van der Waals surface area contributed by atoms with E-state index in [1.807, 2.05) is 6.92 Å². The number of aryl methyl sites for hydroxylation is 1. The van der Waals surface area contributed by atoms with E-state index in [-0.39, 0.29) is 0 Å². The molecule has 2 N–H and O–H groups in total. The standard InChI is InChI=1S/C7H8N6/c1-5-2-10-7(12-6(5)8)13-4-9-3-11-13/h2-4H,1H3,(H2,8,10,12). The monoisotopic (exact) mass is 176 g/mol. The van der Waals surface area contributed by atoms with Gasteiger partial charge in [0.25, 0.3) is 5.95 Å². The first-order chi connectivity index (χ1) is 6.27. The molecule has 0 aromatic carbocycles. The Morgan fingerprint density at radius 2 is 2.31 bits per heavy atom. The number of hydrogen-bond acceptors (Lipinski definition) is 5. The van der Waals surface area contributed by atoms with Gasteiger partial charge >= 0.3 is 0 Å². The molecule has 0 saturated heterocycles.